The van der Waals surface area contributed by atoms with Gasteiger partial charge in [0.05, 0.1) is 6.04 Å². The number of hydrogen-bond acceptors (Lipinski definition) is 3. The van der Waals surface area contributed by atoms with Crippen molar-refractivity contribution in [3.63, 3.8) is 0 Å². The molecule has 0 unspecified atom stereocenters. The molecule has 0 aromatic rings. The summed E-state index contributed by atoms with van der Waals surface area (Å²) in [6.45, 7) is 5.08. The average Bonchev–Trinajstić information content (AvgIpc) is 2.27. The topological polar surface area (TPSA) is 32.3 Å². The lowest BCUT2D eigenvalue weighted by Gasteiger charge is -2.39. The standard InChI is InChI=1S/C13H24N2OS/c1-2-5-15(12-9-14-10-12)13(16)8-11-3-6-17-7-4-11/h11-12,14H,2-10H2,1H3. The summed E-state index contributed by atoms with van der Waals surface area (Å²) >= 11 is 2.03. The molecule has 98 valence electrons. The van der Waals surface area contributed by atoms with Crippen LogP contribution >= 0.6 is 11.8 Å². The van der Waals surface area contributed by atoms with Gasteiger partial charge in [-0.05, 0) is 36.7 Å². The van der Waals surface area contributed by atoms with Gasteiger partial charge in [-0.25, -0.2) is 0 Å². The molecule has 0 atom stereocenters. The maximum absolute atomic E-state index is 12.3. The molecule has 0 aromatic carbocycles. The highest BCUT2D eigenvalue weighted by molar-refractivity contribution is 7.99. The lowest BCUT2D eigenvalue weighted by molar-refractivity contribution is -0.135. The van der Waals surface area contributed by atoms with E-state index in [9.17, 15) is 4.79 Å². The summed E-state index contributed by atoms with van der Waals surface area (Å²) in [5.41, 5.74) is 0. The summed E-state index contributed by atoms with van der Waals surface area (Å²) in [4.78, 5) is 14.5. The summed E-state index contributed by atoms with van der Waals surface area (Å²) in [6, 6.07) is 0.473. The van der Waals surface area contributed by atoms with Crippen molar-refractivity contribution < 1.29 is 4.79 Å². The van der Waals surface area contributed by atoms with E-state index in [2.05, 4.69) is 17.1 Å². The highest BCUT2D eigenvalue weighted by Crippen LogP contribution is 2.26. The third kappa shape index (κ3) is 3.62. The Labute approximate surface area is 109 Å². The Balaban J connectivity index is 1.81. The van der Waals surface area contributed by atoms with Crippen LogP contribution < -0.4 is 5.32 Å². The van der Waals surface area contributed by atoms with Crippen LogP contribution in [0.1, 0.15) is 32.6 Å². The van der Waals surface area contributed by atoms with Crippen LogP contribution in [0.15, 0.2) is 0 Å². The zero-order chi connectivity index (χ0) is 12.1. The van der Waals surface area contributed by atoms with Crippen molar-refractivity contribution in [3.8, 4) is 0 Å². The van der Waals surface area contributed by atoms with Crippen molar-refractivity contribution in [2.75, 3.05) is 31.1 Å². The second kappa shape index (κ2) is 6.64. The van der Waals surface area contributed by atoms with Gasteiger partial charge in [-0.3, -0.25) is 4.79 Å². The fourth-order valence-electron chi connectivity index (χ4n) is 2.56. The van der Waals surface area contributed by atoms with E-state index in [-0.39, 0.29) is 0 Å². The number of rotatable bonds is 5. The number of thioether (sulfide) groups is 1. The van der Waals surface area contributed by atoms with Crippen LogP contribution in [0.3, 0.4) is 0 Å². The Morgan fingerprint density at radius 1 is 1.35 bits per heavy atom. The molecule has 2 aliphatic rings. The highest BCUT2D eigenvalue weighted by Gasteiger charge is 2.29. The largest absolute Gasteiger partial charge is 0.337 e. The smallest absolute Gasteiger partial charge is 0.223 e. The Kier molecular flexibility index (Phi) is 5.16. The Morgan fingerprint density at radius 2 is 2.06 bits per heavy atom. The van der Waals surface area contributed by atoms with Crippen LogP contribution in [0.25, 0.3) is 0 Å². The second-order valence-electron chi connectivity index (χ2n) is 5.16. The fraction of sp³-hybridized carbons (Fsp3) is 0.923. The lowest BCUT2D eigenvalue weighted by atomic mass is 9.97. The molecule has 1 N–H and O–H groups in total. The van der Waals surface area contributed by atoms with Gasteiger partial charge in [0.1, 0.15) is 0 Å². The fourth-order valence-corrected chi connectivity index (χ4v) is 3.76. The van der Waals surface area contributed by atoms with E-state index in [4.69, 9.17) is 0 Å². The predicted molar refractivity (Wildman–Crippen MR) is 73.3 cm³/mol. The second-order valence-corrected chi connectivity index (χ2v) is 6.38. The van der Waals surface area contributed by atoms with Gasteiger partial charge in [-0.15, -0.1) is 0 Å². The molecule has 2 rings (SSSR count). The minimum atomic E-state index is 0.398. The number of nitrogens with zero attached hydrogens (tertiary/aromatic N) is 1. The molecule has 2 heterocycles. The van der Waals surface area contributed by atoms with Gasteiger partial charge in [0.2, 0.25) is 5.91 Å². The van der Waals surface area contributed by atoms with E-state index in [0.717, 1.165) is 32.5 Å². The van der Waals surface area contributed by atoms with Gasteiger partial charge in [0, 0.05) is 26.1 Å². The van der Waals surface area contributed by atoms with E-state index in [1.807, 2.05) is 11.8 Å². The molecular formula is C13H24N2OS. The Hall–Kier alpha value is -0.220. The van der Waals surface area contributed by atoms with Crippen LogP contribution in [0, 0.1) is 5.92 Å². The number of amides is 1. The molecule has 0 aliphatic carbocycles. The van der Waals surface area contributed by atoms with Crippen molar-refractivity contribution in [1.82, 2.24) is 10.2 Å². The summed E-state index contributed by atoms with van der Waals surface area (Å²) in [6.07, 6.45) is 4.33. The molecule has 17 heavy (non-hydrogen) atoms. The van der Waals surface area contributed by atoms with E-state index < -0.39 is 0 Å². The van der Waals surface area contributed by atoms with Crippen molar-refractivity contribution in [3.05, 3.63) is 0 Å². The van der Waals surface area contributed by atoms with Gasteiger partial charge < -0.3 is 10.2 Å². The first-order chi connectivity index (χ1) is 8.31. The van der Waals surface area contributed by atoms with E-state index in [1.165, 1.54) is 24.3 Å². The first-order valence-corrected chi connectivity index (χ1v) is 8.04. The predicted octanol–water partition coefficient (Wildman–Crippen LogP) is 1.73. The van der Waals surface area contributed by atoms with Crippen molar-refractivity contribution in [2.24, 2.45) is 5.92 Å². The molecule has 1 amide bonds. The molecule has 0 bridgehead atoms. The van der Waals surface area contributed by atoms with Gasteiger partial charge in [-0.1, -0.05) is 6.92 Å². The Bertz CT molecular complexity index is 250. The van der Waals surface area contributed by atoms with Crippen molar-refractivity contribution in [1.29, 1.82) is 0 Å². The van der Waals surface area contributed by atoms with Gasteiger partial charge >= 0.3 is 0 Å². The van der Waals surface area contributed by atoms with Crippen molar-refractivity contribution in [2.45, 2.75) is 38.6 Å². The molecule has 0 radical (unpaired) electrons. The molecule has 0 aromatic heterocycles. The van der Waals surface area contributed by atoms with Crippen LogP contribution in [-0.2, 0) is 4.79 Å². The average molecular weight is 256 g/mol. The molecule has 2 fully saturated rings. The molecular weight excluding hydrogens is 232 g/mol. The monoisotopic (exact) mass is 256 g/mol. The maximum Gasteiger partial charge on any atom is 0.223 e. The number of hydrogen-bond donors (Lipinski definition) is 1. The first kappa shape index (κ1) is 13.2. The lowest BCUT2D eigenvalue weighted by Crippen LogP contribution is -2.59. The van der Waals surface area contributed by atoms with Crippen LogP contribution in [-0.4, -0.2) is 48.0 Å². The third-order valence-electron chi connectivity index (χ3n) is 3.79. The minimum Gasteiger partial charge on any atom is -0.337 e. The van der Waals surface area contributed by atoms with Crippen LogP contribution in [0.2, 0.25) is 0 Å². The van der Waals surface area contributed by atoms with Gasteiger partial charge in [0.15, 0.2) is 0 Å². The number of nitrogens with one attached hydrogen (secondary N) is 1. The molecule has 0 spiro atoms. The molecule has 2 saturated heterocycles. The zero-order valence-electron chi connectivity index (χ0n) is 10.8. The maximum atomic E-state index is 12.3. The van der Waals surface area contributed by atoms with Gasteiger partial charge in [-0.2, -0.15) is 11.8 Å². The molecule has 3 nitrogen and oxygen atoms in total. The minimum absolute atomic E-state index is 0.398. The van der Waals surface area contributed by atoms with Crippen LogP contribution in [0.4, 0.5) is 0 Å². The van der Waals surface area contributed by atoms with Crippen molar-refractivity contribution >= 4 is 17.7 Å². The Morgan fingerprint density at radius 3 is 2.59 bits per heavy atom. The molecule has 4 heteroatoms. The quantitative estimate of drug-likeness (QED) is 0.813. The van der Waals surface area contributed by atoms with Gasteiger partial charge in [0.25, 0.3) is 0 Å². The number of carbonyl (C=O) groups is 1. The van der Waals surface area contributed by atoms with E-state index in [0.29, 0.717) is 17.9 Å². The highest BCUT2D eigenvalue weighted by atomic mass is 32.2. The van der Waals surface area contributed by atoms with E-state index in [1.54, 1.807) is 0 Å². The van der Waals surface area contributed by atoms with E-state index >= 15 is 0 Å². The summed E-state index contributed by atoms with van der Waals surface area (Å²) in [5, 5.41) is 3.26. The summed E-state index contributed by atoms with van der Waals surface area (Å²) in [7, 11) is 0. The molecule has 2 aliphatic heterocycles. The summed E-state index contributed by atoms with van der Waals surface area (Å²) in [5.74, 6) is 3.54. The molecule has 0 saturated carbocycles. The summed E-state index contributed by atoms with van der Waals surface area (Å²) < 4.78 is 0. The number of carbonyl (C=O) groups excluding carboxylic acids is 1. The first-order valence-electron chi connectivity index (χ1n) is 6.89. The van der Waals surface area contributed by atoms with Crippen LogP contribution in [0.5, 0.6) is 0 Å². The third-order valence-corrected chi connectivity index (χ3v) is 4.84. The normalized spacial score (nSPS) is 22.2. The zero-order valence-corrected chi connectivity index (χ0v) is 11.6. The SMILES string of the molecule is CCCN(C(=O)CC1CCSCC1)C1CNC1.